The number of hydrogen-bond acceptors (Lipinski definition) is 4. The second-order valence-corrected chi connectivity index (χ2v) is 3.63. The van der Waals surface area contributed by atoms with Crippen LogP contribution in [0.2, 0.25) is 0 Å². The number of rotatable bonds is 3. The average Bonchev–Trinajstić information content (AvgIpc) is 2.45. The third-order valence-electron chi connectivity index (χ3n) is 2.57. The fourth-order valence-electron chi connectivity index (χ4n) is 1.66. The minimum Gasteiger partial charge on any atom is -0.469 e. The molecule has 1 saturated heterocycles. The Hall–Kier alpha value is -0.610. The molecule has 1 rings (SSSR count). The van der Waals surface area contributed by atoms with E-state index in [1.54, 1.807) is 0 Å². The van der Waals surface area contributed by atoms with Crippen molar-refractivity contribution in [3.05, 3.63) is 0 Å². The van der Waals surface area contributed by atoms with E-state index < -0.39 is 0 Å². The van der Waals surface area contributed by atoms with Crippen LogP contribution >= 0.6 is 0 Å². The highest BCUT2D eigenvalue weighted by Crippen LogP contribution is 2.08. The summed E-state index contributed by atoms with van der Waals surface area (Å²) in [6, 6.07) is 0.254. The maximum absolute atomic E-state index is 11.1. The van der Waals surface area contributed by atoms with Gasteiger partial charge in [-0.2, -0.15) is 0 Å². The Labute approximate surface area is 85.2 Å². The lowest BCUT2D eigenvalue weighted by Crippen LogP contribution is -2.36. The lowest BCUT2D eigenvalue weighted by atomic mass is 10.2. The summed E-state index contributed by atoms with van der Waals surface area (Å²) >= 11 is 0. The average molecular weight is 201 g/mol. The van der Waals surface area contributed by atoms with Gasteiger partial charge in [-0.3, -0.25) is 9.69 Å². The molecule has 0 saturated carbocycles. The van der Waals surface area contributed by atoms with Gasteiger partial charge in [0.2, 0.25) is 0 Å². The SMILES string of the molecule is COC(=O)CC(C)N1CCCOCC1. The summed E-state index contributed by atoms with van der Waals surface area (Å²) in [4.78, 5) is 13.4. The van der Waals surface area contributed by atoms with Crippen LogP contribution in [0.5, 0.6) is 0 Å². The van der Waals surface area contributed by atoms with Gasteiger partial charge in [0.25, 0.3) is 0 Å². The van der Waals surface area contributed by atoms with E-state index >= 15 is 0 Å². The van der Waals surface area contributed by atoms with E-state index in [0.29, 0.717) is 6.42 Å². The number of carbonyl (C=O) groups excluding carboxylic acids is 1. The molecule has 4 nitrogen and oxygen atoms in total. The molecular formula is C10H19NO3. The molecule has 0 N–H and O–H groups in total. The predicted molar refractivity (Wildman–Crippen MR) is 53.1 cm³/mol. The van der Waals surface area contributed by atoms with Crippen LogP contribution in [0.4, 0.5) is 0 Å². The van der Waals surface area contributed by atoms with Gasteiger partial charge < -0.3 is 9.47 Å². The Bertz CT molecular complexity index is 176. The molecule has 0 radical (unpaired) electrons. The van der Waals surface area contributed by atoms with E-state index in [2.05, 4.69) is 16.6 Å². The standard InChI is InChI=1S/C10H19NO3/c1-9(8-10(12)13-2)11-4-3-6-14-7-5-11/h9H,3-8H2,1-2H3. The number of esters is 1. The van der Waals surface area contributed by atoms with Gasteiger partial charge in [0.1, 0.15) is 0 Å². The van der Waals surface area contributed by atoms with E-state index in [1.165, 1.54) is 7.11 Å². The fraction of sp³-hybridized carbons (Fsp3) is 0.900. The third kappa shape index (κ3) is 3.64. The third-order valence-corrected chi connectivity index (χ3v) is 2.57. The molecule has 0 amide bonds. The van der Waals surface area contributed by atoms with Crippen molar-refractivity contribution >= 4 is 5.97 Å². The van der Waals surface area contributed by atoms with Gasteiger partial charge in [-0.25, -0.2) is 0 Å². The zero-order valence-corrected chi connectivity index (χ0v) is 8.99. The van der Waals surface area contributed by atoms with Crippen LogP contribution in [-0.2, 0) is 14.3 Å². The molecule has 1 atom stereocenters. The monoisotopic (exact) mass is 201 g/mol. The van der Waals surface area contributed by atoms with Gasteiger partial charge in [-0.15, -0.1) is 0 Å². The minimum absolute atomic E-state index is 0.136. The summed E-state index contributed by atoms with van der Waals surface area (Å²) < 4.78 is 9.99. The number of methoxy groups -OCH3 is 1. The van der Waals surface area contributed by atoms with E-state index in [9.17, 15) is 4.79 Å². The lowest BCUT2D eigenvalue weighted by Gasteiger charge is -2.25. The Morgan fingerprint density at radius 1 is 1.50 bits per heavy atom. The Balaban J connectivity index is 2.33. The number of ether oxygens (including phenoxy) is 2. The summed E-state index contributed by atoms with van der Waals surface area (Å²) in [5.74, 6) is -0.136. The quantitative estimate of drug-likeness (QED) is 0.629. The first-order chi connectivity index (χ1) is 6.74. The van der Waals surface area contributed by atoms with E-state index in [-0.39, 0.29) is 12.0 Å². The van der Waals surface area contributed by atoms with Crippen molar-refractivity contribution in [3.8, 4) is 0 Å². The molecule has 0 bridgehead atoms. The smallest absolute Gasteiger partial charge is 0.307 e. The molecule has 0 spiro atoms. The Morgan fingerprint density at radius 3 is 3.00 bits per heavy atom. The number of hydrogen-bond donors (Lipinski definition) is 0. The summed E-state index contributed by atoms with van der Waals surface area (Å²) in [6.07, 6.45) is 1.52. The fourth-order valence-corrected chi connectivity index (χ4v) is 1.66. The topological polar surface area (TPSA) is 38.8 Å². The first kappa shape index (κ1) is 11.5. The minimum atomic E-state index is -0.136. The summed E-state index contributed by atoms with van der Waals surface area (Å²) in [6.45, 7) is 5.59. The zero-order chi connectivity index (χ0) is 10.4. The van der Waals surface area contributed by atoms with Crippen LogP contribution < -0.4 is 0 Å². The molecule has 1 fully saturated rings. The molecule has 1 aliphatic rings. The van der Waals surface area contributed by atoms with Crippen molar-refractivity contribution in [3.63, 3.8) is 0 Å². The first-order valence-electron chi connectivity index (χ1n) is 5.12. The van der Waals surface area contributed by atoms with E-state index in [0.717, 1.165) is 32.7 Å². The highest BCUT2D eigenvalue weighted by Gasteiger charge is 2.18. The van der Waals surface area contributed by atoms with Crippen molar-refractivity contribution in [1.29, 1.82) is 0 Å². The van der Waals surface area contributed by atoms with Crippen molar-refractivity contribution in [1.82, 2.24) is 4.90 Å². The molecule has 0 aromatic rings. The van der Waals surface area contributed by atoms with Gasteiger partial charge in [0.05, 0.1) is 20.1 Å². The molecule has 1 aliphatic heterocycles. The van der Waals surface area contributed by atoms with Crippen LogP contribution in [0, 0.1) is 0 Å². The van der Waals surface area contributed by atoms with Crippen LogP contribution in [-0.4, -0.2) is 50.3 Å². The van der Waals surface area contributed by atoms with Crippen molar-refractivity contribution in [2.24, 2.45) is 0 Å². The Morgan fingerprint density at radius 2 is 2.29 bits per heavy atom. The second kappa shape index (κ2) is 5.98. The predicted octanol–water partition coefficient (Wildman–Crippen LogP) is 0.660. The molecular weight excluding hydrogens is 182 g/mol. The summed E-state index contributed by atoms with van der Waals surface area (Å²) in [5, 5.41) is 0. The van der Waals surface area contributed by atoms with Crippen LogP contribution in [0.1, 0.15) is 19.8 Å². The van der Waals surface area contributed by atoms with E-state index in [1.807, 2.05) is 0 Å². The van der Waals surface area contributed by atoms with Gasteiger partial charge in [0, 0.05) is 25.7 Å². The molecule has 0 aliphatic carbocycles. The highest BCUT2D eigenvalue weighted by molar-refractivity contribution is 5.69. The molecule has 4 heteroatoms. The maximum Gasteiger partial charge on any atom is 0.307 e. The number of nitrogens with zero attached hydrogens (tertiary/aromatic N) is 1. The summed E-state index contributed by atoms with van der Waals surface area (Å²) in [5.41, 5.74) is 0. The van der Waals surface area contributed by atoms with Gasteiger partial charge in [-0.1, -0.05) is 0 Å². The van der Waals surface area contributed by atoms with Crippen LogP contribution in [0.3, 0.4) is 0 Å². The largest absolute Gasteiger partial charge is 0.469 e. The molecule has 82 valence electrons. The lowest BCUT2D eigenvalue weighted by molar-refractivity contribution is -0.141. The maximum atomic E-state index is 11.1. The Kier molecular flexibility index (Phi) is 4.90. The molecule has 0 aromatic heterocycles. The zero-order valence-electron chi connectivity index (χ0n) is 8.99. The molecule has 1 unspecified atom stereocenters. The molecule has 14 heavy (non-hydrogen) atoms. The van der Waals surface area contributed by atoms with Crippen LogP contribution in [0.25, 0.3) is 0 Å². The van der Waals surface area contributed by atoms with Gasteiger partial charge in [-0.05, 0) is 13.3 Å². The van der Waals surface area contributed by atoms with Crippen molar-refractivity contribution < 1.29 is 14.3 Å². The second-order valence-electron chi connectivity index (χ2n) is 3.63. The van der Waals surface area contributed by atoms with Gasteiger partial charge in [0.15, 0.2) is 0 Å². The van der Waals surface area contributed by atoms with Crippen molar-refractivity contribution in [2.45, 2.75) is 25.8 Å². The molecule has 0 aromatic carbocycles. The molecule has 1 heterocycles. The normalized spacial score (nSPS) is 21.3. The van der Waals surface area contributed by atoms with Crippen LogP contribution in [0.15, 0.2) is 0 Å². The first-order valence-corrected chi connectivity index (χ1v) is 5.12. The van der Waals surface area contributed by atoms with Crippen molar-refractivity contribution in [2.75, 3.05) is 33.4 Å². The highest BCUT2D eigenvalue weighted by atomic mass is 16.5. The van der Waals surface area contributed by atoms with E-state index in [4.69, 9.17) is 4.74 Å². The van der Waals surface area contributed by atoms with Gasteiger partial charge >= 0.3 is 5.97 Å². The summed E-state index contributed by atoms with van der Waals surface area (Å²) in [7, 11) is 1.43. The number of carbonyl (C=O) groups is 1.